The fourth-order valence-corrected chi connectivity index (χ4v) is 3.95. The van der Waals surface area contributed by atoms with Gasteiger partial charge in [-0.05, 0) is 69.4 Å². The maximum Gasteiger partial charge on any atom is 0.230 e. The number of amides is 1. The number of benzene rings is 1. The molecule has 0 bridgehead atoms. The van der Waals surface area contributed by atoms with E-state index in [1.54, 1.807) is 7.11 Å². The third-order valence-electron chi connectivity index (χ3n) is 4.68. The third-order valence-corrected chi connectivity index (χ3v) is 5.59. The standard InChI is InChI=1S/C22H27N3O2S/c1-16-14-21(25-22(24-16)18-8-10-19(27-2)11-9-18)28-15-20(26)23-13-12-17-6-4-3-5-7-17/h6,8-11,14H,3-5,7,12-13,15H2,1-2H3,(H,23,26). The van der Waals surface area contributed by atoms with Crippen molar-refractivity contribution in [3.63, 3.8) is 0 Å². The molecule has 1 aliphatic rings. The fourth-order valence-electron chi connectivity index (χ4n) is 3.17. The second kappa shape index (κ2) is 10.3. The number of thioether (sulfide) groups is 1. The van der Waals surface area contributed by atoms with Crippen molar-refractivity contribution >= 4 is 17.7 Å². The van der Waals surface area contributed by atoms with Gasteiger partial charge < -0.3 is 10.1 Å². The molecule has 1 amide bonds. The van der Waals surface area contributed by atoms with Crippen LogP contribution >= 0.6 is 11.8 Å². The Bertz CT molecular complexity index is 834. The molecule has 3 rings (SSSR count). The number of hydrogen-bond acceptors (Lipinski definition) is 5. The van der Waals surface area contributed by atoms with Gasteiger partial charge in [0.05, 0.1) is 12.9 Å². The predicted octanol–water partition coefficient (Wildman–Crippen LogP) is 4.56. The predicted molar refractivity (Wildman–Crippen MR) is 114 cm³/mol. The monoisotopic (exact) mass is 397 g/mol. The van der Waals surface area contributed by atoms with Gasteiger partial charge in [-0.3, -0.25) is 4.79 Å². The molecule has 0 radical (unpaired) electrons. The number of nitrogens with one attached hydrogen (secondary N) is 1. The normalized spacial score (nSPS) is 13.7. The average molecular weight is 398 g/mol. The van der Waals surface area contributed by atoms with E-state index in [1.165, 1.54) is 43.0 Å². The Hall–Kier alpha value is -2.34. The van der Waals surface area contributed by atoms with E-state index in [1.807, 2.05) is 37.3 Å². The molecule has 1 aromatic heterocycles. The van der Waals surface area contributed by atoms with Gasteiger partial charge in [-0.2, -0.15) is 0 Å². The molecule has 0 saturated heterocycles. The van der Waals surface area contributed by atoms with Crippen LogP contribution in [0, 0.1) is 6.92 Å². The Kier molecular flexibility index (Phi) is 7.48. The summed E-state index contributed by atoms with van der Waals surface area (Å²) in [4.78, 5) is 21.3. The molecule has 0 spiro atoms. The molecule has 0 atom stereocenters. The Labute approximate surface area is 171 Å². The molecule has 148 valence electrons. The Morgan fingerprint density at radius 2 is 2.04 bits per heavy atom. The minimum absolute atomic E-state index is 0.0451. The summed E-state index contributed by atoms with van der Waals surface area (Å²) in [6.45, 7) is 2.65. The summed E-state index contributed by atoms with van der Waals surface area (Å²) >= 11 is 1.44. The van der Waals surface area contributed by atoms with E-state index in [4.69, 9.17) is 4.74 Å². The van der Waals surface area contributed by atoms with Crippen LogP contribution < -0.4 is 10.1 Å². The summed E-state index contributed by atoms with van der Waals surface area (Å²) in [6, 6.07) is 9.58. The Balaban J connectivity index is 1.52. The summed E-state index contributed by atoms with van der Waals surface area (Å²) in [6.07, 6.45) is 8.23. The molecule has 0 saturated carbocycles. The van der Waals surface area contributed by atoms with E-state index < -0.39 is 0 Å². The maximum atomic E-state index is 12.2. The molecule has 28 heavy (non-hydrogen) atoms. The van der Waals surface area contributed by atoms with Crippen LogP contribution in [0.3, 0.4) is 0 Å². The summed E-state index contributed by atoms with van der Waals surface area (Å²) in [5.74, 6) is 1.86. The number of rotatable bonds is 8. The van der Waals surface area contributed by atoms with E-state index in [2.05, 4.69) is 21.4 Å². The molecule has 0 fully saturated rings. The van der Waals surface area contributed by atoms with Gasteiger partial charge in [0.1, 0.15) is 10.8 Å². The minimum atomic E-state index is 0.0451. The SMILES string of the molecule is COc1ccc(-c2nc(C)cc(SCC(=O)NCCC3=CCCCC3)n2)cc1. The summed E-state index contributed by atoms with van der Waals surface area (Å²) in [5.41, 5.74) is 3.29. The van der Waals surface area contributed by atoms with E-state index in [0.717, 1.165) is 28.5 Å². The van der Waals surface area contributed by atoms with Crippen LogP contribution in [0.5, 0.6) is 5.75 Å². The van der Waals surface area contributed by atoms with E-state index in [0.29, 0.717) is 18.1 Å². The van der Waals surface area contributed by atoms with Crippen LogP contribution in [0.2, 0.25) is 0 Å². The lowest BCUT2D eigenvalue weighted by atomic mass is 9.97. The van der Waals surface area contributed by atoms with Crippen LogP contribution in [0.15, 0.2) is 47.0 Å². The first-order valence-corrected chi connectivity index (χ1v) is 10.7. The van der Waals surface area contributed by atoms with Crippen LogP contribution in [0.4, 0.5) is 0 Å². The van der Waals surface area contributed by atoms with Gasteiger partial charge in [-0.25, -0.2) is 9.97 Å². The summed E-state index contributed by atoms with van der Waals surface area (Å²) in [7, 11) is 1.64. The Morgan fingerprint density at radius 3 is 2.75 bits per heavy atom. The summed E-state index contributed by atoms with van der Waals surface area (Å²) < 4.78 is 5.20. The molecule has 1 heterocycles. The molecule has 2 aromatic rings. The minimum Gasteiger partial charge on any atom is -0.497 e. The molecular weight excluding hydrogens is 370 g/mol. The highest BCUT2D eigenvalue weighted by atomic mass is 32.2. The Morgan fingerprint density at radius 1 is 1.21 bits per heavy atom. The highest BCUT2D eigenvalue weighted by Gasteiger charge is 2.09. The van der Waals surface area contributed by atoms with Gasteiger partial charge in [-0.15, -0.1) is 0 Å². The number of methoxy groups -OCH3 is 1. The first kappa shape index (κ1) is 20.4. The van der Waals surface area contributed by atoms with Gasteiger partial charge in [0, 0.05) is 17.8 Å². The molecule has 5 nitrogen and oxygen atoms in total. The quantitative estimate of drug-likeness (QED) is 0.402. The lowest BCUT2D eigenvalue weighted by molar-refractivity contribution is -0.118. The number of carbonyl (C=O) groups excluding carboxylic acids is 1. The van der Waals surface area contributed by atoms with E-state index in [9.17, 15) is 4.79 Å². The second-order valence-electron chi connectivity index (χ2n) is 6.90. The molecule has 1 aromatic carbocycles. The van der Waals surface area contributed by atoms with Crippen LogP contribution in [0.1, 0.15) is 37.8 Å². The highest BCUT2D eigenvalue weighted by molar-refractivity contribution is 7.99. The largest absolute Gasteiger partial charge is 0.497 e. The zero-order chi connectivity index (χ0) is 19.8. The number of allylic oxidation sites excluding steroid dienone is 1. The van der Waals surface area contributed by atoms with Crippen LogP contribution in [-0.2, 0) is 4.79 Å². The second-order valence-corrected chi connectivity index (χ2v) is 7.89. The van der Waals surface area contributed by atoms with E-state index in [-0.39, 0.29) is 5.91 Å². The van der Waals surface area contributed by atoms with Crippen molar-refractivity contribution in [3.05, 3.63) is 47.7 Å². The lowest BCUT2D eigenvalue weighted by Gasteiger charge is -2.13. The van der Waals surface area contributed by atoms with Crippen molar-refractivity contribution in [2.75, 3.05) is 19.4 Å². The molecule has 0 unspecified atom stereocenters. The number of carbonyl (C=O) groups is 1. The maximum absolute atomic E-state index is 12.2. The first-order chi connectivity index (χ1) is 13.6. The first-order valence-electron chi connectivity index (χ1n) is 9.71. The van der Waals surface area contributed by atoms with Gasteiger partial charge in [0.2, 0.25) is 5.91 Å². The van der Waals surface area contributed by atoms with Gasteiger partial charge >= 0.3 is 0 Å². The fraction of sp³-hybridized carbons (Fsp3) is 0.409. The number of ether oxygens (including phenoxy) is 1. The van der Waals surface area contributed by atoms with Gasteiger partial charge in [-0.1, -0.05) is 23.4 Å². The van der Waals surface area contributed by atoms with Crippen molar-refractivity contribution in [1.29, 1.82) is 0 Å². The number of aromatic nitrogens is 2. The highest BCUT2D eigenvalue weighted by Crippen LogP contribution is 2.23. The van der Waals surface area contributed by atoms with Crippen LogP contribution in [-0.4, -0.2) is 35.3 Å². The van der Waals surface area contributed by atoms with Crippen molar-refractivity contribution in [2.24, 2.45) is 0 Å². The molecule has 1 N–H and O–H groups in total. The molecular formula is C22H27N3O2S. The topological polar surface area (TPSA) is 64.1 Å². The van der Waals surface area contributed by atoms with Crippen molar-refractivity contribution in [2.45, 2.75) is 44.1 Å². The molecule has 0 aliphatic heterocycles. The zero-order valence-electron chi connectivity index (χ0n) is 16.5. The van der Waals surface area contributed by atoms with Crippen molar-refractivity contribution in [3.8, 4) is 17.1 Å². The summed E-state index contributed by atoms with van der Waals surface area (Å²) in [5, 5.41) is 3.82. The van der Waals surface area contributed by atoms with Gasteiger partial charge in [0.15, 0.2) is 5.82 Å². The lowest BCUT2D eigenvalue weighted by Crippen LogP contribution is -2.26. The number of aryl methyl sites for hydroxylation is 1. The van der Waals surface area contributed by atoms with Gasteiger partial charge in [0.25, 0.3) is 0 Å². The molecule has 1 aliphatic carbocycles. The zero-order valence-corrected chi connectivity index (χ0v) is 17.3. The molecule has 6 heteroatoms. The number of nitrogens with zero attached hydrogens (tertiary/aromatic N) is 2. The van der Waals surface area contributed by atoms with Crippen molar-refractivity contribution in [1.82, 2.24) is 15.3 Å². The smallest absolute Gasteiger partial charge is 0.230 e. The van der Waals surface area contributed by atoms with Crippen molar-refractivity contribution < 1.29 is 9.53 Å². The number of hydrogen-bond donors (Lipinski definition) is 1. The average Bonchev–Trinajstić information content (AvgIpc) is 2.73. The van der Waals surface area contributed by atoms with E-state index >= 15 is 0 Å². The third kappa shape index (κ3) is 6.09. The van der Waals surface area contributed by atoms with Crippen LogP contribution in [0.25, 0.3) is 11.4 Å².